The predicted molar refractivity (Wildman–Crippen MR) is 56.6 cm³/mol. The summed E-state index contributed by atoms with van der Waals surface area (Å²) in [5.41, 5.74) is 4.53. The topological polar surface area (TPSA) is 75.8 Å². The largest absolute Gasteiger partial charge is 0.406 e. The molecule has 106 valence electrons. The van der Waals surface area contributed by atoms with Crippen LogP contribution in [0.4, 0.5) is 13.2 Å². The van der Waals surface area contributed by atoms with Crippen LogP contribution in [0.25, 0.3) is 0 Å². The maximum absolute atomic E-state index is 12.4. The molecule has 1 heterocycles. The summed E-state index contributed by atoms with van der Waals surface area (Å²) in [7, 11) is 0. The van der Waals surface area contributed by atoms with Gasteiger partial charge in [-0.1, -0.05) is 0 Å². The standard InChI is InChI=1S/C10H17F3N2O3/c1-9(6-18-4-7(9)14)8(17)15(2-3-16)5-10(11,12)13/h7,16H,2-6,14H2,1H3. The summed E-state index contributed by atoms with van der Waals surface area (Å²) in [6, 6.07) is -0.639. The Labute approximate surface area is 103 Å². The van der Waals surface area contributed by atoms with Crippen molar-refractivity contribution in [3.05, 3.63) is 0 Å². The van der Waals surface area contributed by atoms with Gasteiger partial charge in [-0.2, -0.15) is 13.2 Å². The Kier molecular flexibility index (Phi) is 4.57. The normalized spacial score (nSPS) is 28.4. The van der Waals surface area contributed by atoms with Gasteiger partial charge in [0.05, 0.1) is 25.2 Å². The zero-order valence-corrected chi connectivity index (χ0v) is 10.0. The fraction of sp³-hybridized carbons (Fsp3) is 0.900. The highest BCUT2D eigenvalue weighted by molar-refractivity contribution is 5.83. The highest BCUT2D eigenvalue weighted by Gasteiger charge is 2.48. The Hall–Kier alpha value is -0.860. The van der Waals surface area contributed by atoms with Gasteiger partial charge < -0.3 is 20.5 Å². The van der Waals surface area contributed by atoms with E-state index in [0.29, 0.717) is 4.90 Å². The van der Waals surface area contributed by atoms with Gasteiger partial charge in [0.2, 0.25) is 5.91 Å². The number of aliphatic hydroxyl groups is 1. The molecule has 0 aliphatic carbocycles. The van der Waals surface area contributed by atoms with E-state index < -0.39 is 36.7 Å². The van der Waals surface area contributed by atoms with Crippen LogP contribution < -0.4 is 5.73 Å². The van der Waals surface area contributed by atoms with E-state index in [2.05, 4.69) is 0 Å². The van der Waals surface area contributed by atoms with Gasteiger partial charge in [0.25, 0.3) is 0 Å². The number of ether oxygens (including phenoxy) is 1. The van der Waals surface area contributed by atoms with Gasteiger partial charge in [0.15, 0.2) is 0 Å². The minimum absolute atomic E-state index is 0.00716. The molecule has 1 aliphatic rings. The molecule has 8 heteroatoms. The van der Waals surface area contributed by atoms with Crippen molar-refractivity contribution in [2.75, 3.05) is 32.9 Å². The summed E-state index contributed by atoms with van der Waals surface area (Å²) in [4.78, 5) is 12.7. The average molecular weight is 270 g/mol. The van der Waals surface area contributed by atoms with Gasteiger partial charge in [-0.25, -0.2) is 0 Å². The molecule has 0 bridgehead atoms. The third-order valence-corrected chi connectivity index (χ3v) is 3.03. The fourth-order valence-corrected chi connectivity index (χ4v) is 1.86. The summed E-state index contributed by atoms with van der Waals surface area (Å²) >= 11 is 0. The second-order valence-electron chi connectivity index (χ2n) is 4.60. The third kappa shape index (κ3) is 3.33. The Bertz CT molecular complexity index is 311. The number of carbonyl (C=O) groups is 1. The first kappa shape index (κ1) is 15.2. The predicted octanol–water partition coefficient (Wildman–Crippen LogP) is -0.267. The lowest BCUT2D eigenvalue weighted by atomic mass is 9.84. The van der Waals surface area contributed by atoms with E-state index in [1.807, 2.05) is 0 Å². The third-order valence-electron chi connectivity index (χ3n) is 3.03. The molecule has 0 spiro atoms. The summed E-state index contributed by atoms with van der Waals surface area (Å²) in [6.45, 7) is -0.689. The molecule has 2 unspecified atom stereocenters. The molecule has 5 nitrogen and oxygen atoms in total. The first-order chi connectivity index (χ1) is 8.20. The van der Waals surface area contributed by atoms with Crippen molar-refractivity contribution in [3.63, 3.8) is 0 Å². The lowest BCUT2D eigenvalue weighted by molar-refractivity contribution is -0.168. The summed E-state index contributed by atoms with van der Waals surface area (Å²) in [5.74, 6) is -0.737. The molecule has 1 saturated heterocycles. The quantitative estimate of drug-likeness (QED) is 0.737. The second-order valence-corrected chi connectivity index (χ2v) is 4.60. The SMILES string of the molecule is CC1(C(=O)N(CCO)CC(F)(F)F)COCC1N. The molecule has 0 aromatic carbocycles. The monoisotopic (exact) mass is 270 g/mol. The van der Waals surface area contributed by atoms with Crippen molar-refractivity contribution >= 4 is 5.91 Å². The molecule has 1 fully saturated rings. The van der Waals surface area contributed by atoms with E-state index in [0.717, 1.165) is 0 Å². The van der Waals surface area contributed by atoms with Crippen molar-refractivity contribution in [2.24, 2.45) is 11.1 Å². The van der Waals surface area contributed by atoms with E-state index in [1.54, 1.807) is 0 Å². The molecule has 1 amide bonds. The maximum Gasteiger partial charge on any atom is 0.406 e. The molecule has 1 aliphatic heterocycles. The van der Waals surface area contributed by atoms with Crippen LogP contribution in [0.2, 0.25) is 0 Å². The molecule has 0 aromatic rings. The molecule has 18 heavy (non-hydrogen) atoms. The number of nitrogens with two attached hydrogens (primary N) is 1. The van der Waals surface area contributed by atoms with E-state index in [1.165, 1.54) is 6.92 Å². The number of halogens is 3. The first-order valence-corrected chi connectivity index (χ1v) is 5.51. The summed E-state index contributed by atoms with van der Waals surface area (Å²) in [6.07, 6.45) is -4.51. The average Bonchev–Trinajstić information content (AvgIpc) is 2.57. The smallest absolute Gasteiger partial charge is 0.395 e. The van der Waals surface area contributed by atoms with Crippen LogP contribution in [-0.2, 0) is 9.53 Å². The van der Waals surface area contributed by atoms with Gasteiger partial charge in [-0.15, -0.1) is 0 Å². The van der Waals surface area contributed by atoms with Crippen LogP contribution in [0.5, 0.6) is 0 Å². The number of carbonyl (C=O) groups excluding carboxylic acids is 1. The zero-order valence-electron chi connectivity index (χ0n) is 10.0. The van der Waals surface area contributed by atoms with Crippen molar-refractivity contribution in [1.82, 2.24) is 4.90 Å². The zero-order chi connectivity index (χ0) is 14.0. The molecular formula is C10H17F3N2O3. The van der Waals surface area contributed by atoms with Crippen LogP contribution in [0.3, 0.4) is 0 Å². The summed E-state index contributed by atoms with van der Waals surface area (Å²) in [5, 5.41) is 8.75. The minimum atomic E-state index is -4.51. The van der Waals surface area contributed by atoms with Crippen LogP contribution in [0.15, 0.2) is 0 Å². The molecule has 0 radical (unpaired) electrons. The Morgan fingerprint density at radius 1 is 1.61 bits per heavy atom. The van der Waals surface area contributed by atoms with Gasteiger partial charge in [0.1, 0.15) is 6.54 Å². The molecular weight excluding hydrogens is 253 g/mol. The number of nitrogens with zero attached hydrogens (tertiary/aromatic N) is 1. The van der Waals surface area contributed by atoms with Gasteiger partial charge in [0, 0.05) is 12.6 Å². The van der Waals surface area contributed by atoms with Crippen molar-refractivity contribution < 1.29 is 27.8 Å². The maximum atomic E-state index is 12.4. The Balaban J connectivity index is 2.82. The molecule has 2 atom stereocenters. The van der Waals surface area contributed by atoms with Crippen LogP contribution >= 0.6 is 0 Å². The molecule has 1 rings (SSSR count). The van der Waals surface area contributed by atoms with E-state index in [9.17, 15) is 18.0 Å². The first-order valence-electron chi connectivity index (χ1n) is 5.51. The van der Waals surface area contributed by atoms with Gasteiger partial charge in [-0.05, 0) is 6.92 Å². The van der Waals surface area contributed by atoms with Gasteiger partial charge >= 0.3 is 6.18 Å². The second kappa shape index (κ2) is 5.41. The van der Waals surface area contributed by atoms with Crippen LogP contribution in [0, 0.1) is 5.41 Å². The van der Waals surface area contributed by atoms with Crippen LogP contribution in [-0.4, -0.2) is 61.0 Å². The molecule has 3 N–H and O–H groups in total. The van der Waals surface area contributed by atoms with Crippen molar-refractivity contribution in [3.8, 4) is 0 Å². The Morgan fingerprint density at radius 3 is 2.61 bits per heavy atom. The number of alkyl halides is 3. The lowest BCUT2D eigenvalue weighted by Crippen LogP contribution is -2.54. The van der Waals surface area contributed by atoms with E-state index in [4.69, 9.17) is 15.6 Å². The van der Waals surface area contributed by atoms with Crippen LogP contribution in [0.1, 0.15) is 6.92 Å². The number of rotatable bonds is 4. The van der Waals surface area contributed by atoms with Crippen molar-refractivity contribution in [1.29, 1.82) is 0 Å². The van der Waals surface area contributed by atoms with E-state index in [-0.39, 0.29) is 19.8 Å². The number of hydrogen-bond acceptors (Lipinski definition) is 4. The number of aliphatic hydroxyl groups excluding tert-OH is 1. The number of amides is 1. The lowest BCUT2D eigenvalue weighted by Gasteiger charge is -2.33. The van der Waals surface area contributed by atoms with Crippen molar-refractivity contribution in [2.45, 2.75) is 19.1 Å². The Morgan fingerprint density at radius 2 is 2.22 bits per heavy atom. The van der Waals surface area contributed by atoms with Gasteiger partial charge in [-0.3, -0.25) is 4.79 Å². The molecule has 0 saturated carbocycles. The highest BCUT2D eigenvalue weighted by Crippen LogP contribution is 2.30. The minimum Gasteiger partial charge on any atom is -0.395 e. The fourth-order valence-electron chi connectivity index (χ4n) is 1.86. The highest BCUT2D eigenvalue weighted by atomic mass is 19.4. The number of hydrogen-bond donors (Lipinski definition) is 2. The van der Waals surface area contributed by atoms with E-state index >= 15 is 0 Å². The summed E-state index contributed by atoms with van der Waals surface area (Å²) < 4.78 is 42.1. The molecule has 0 aromatic heterocycles.